The van der Waals surface area contributed by atoms with Crippen molar-refractivity contribution in [1.29, 1.82) is 0 Å². The number of hydrogen-bond donors (Lipinski definition) is 0. The van der Waals surface area contributed by atoms with E-state index in [1.807, 2.05) is 0 Å². The van der Waals surface area contributed by atoms with Gasteiger partial charge in [0.15, 0.2) is 0 Å². The fourth-order valence-electron chi connectivity index (χ4n) is 1.85. The highest BCUT2D eigenvalue weighted by molar-refractivity contribution is 5.87. The third-order valence-electron chi connectivity index (χ3n) is 3.18. The maximum Gasteiger partial charge on any atom is 0.374 e. The van der Waals surface area contributed by atoms with Crippen molar-refractivity contribution in [2.45, 2.75) is 20.5 Å². The molecule has 2 aromatic rings. The van der Waals surface area contributed by atoms with E-state index in [0.717, 1.165) is 6.20 Å². The molecular weight excluding hydrogens is 292 g/mol. The molecule has 0 aliphatic rings. The number of esters is 1. The highest BCUT2D eigenvalue weighted by atomic mass is 16.6. The molecular formula is C14H14N2O6. The van der Waals surface area contributed by atoms with Gasteiger partial charge in [-0.05, 0) is 19.9 Å². The smallest absolute Gasteiger partial charge is 0.374 e. The average molecular weight is 306 g/mol. The molecule has 0 saturated carbocycles. The molecule has 0 spiro atoms. The Balaban J connectivity index is 2.29. The Morgan fingerprint density at radius 3 is 2.82 bits per heavy atom. The van der Waals surface area contributed by atoms with E-state index in [9.17, 15) is 14.9 Å². The molecule has 0 radical (unpaired) electrons. The molecule has 0 aromatic carbocycles. The van der Waals surface area contributed by atoms with Crippen molar-refractivity contribution in [2.75, 3.05) is 7.11 Å². The van der Waals surface area contributed by atoms with Crippen LogP contribution in [0.4, 0.5) is 5.69 Å². The number of nitro groups is 1. The number of ether oxygens (including phenoxy) is 2. The van der Waals surface area contributed by atoms with Gasteiger partial charge >= 0.3 is 11.7 Å². The topological polar surface area (TPSA) is 105 Å². The quantitative estimate of drug-likeness (QED) is 0.475. The van der Waals surface area contributed by atoms with Crippen LogP contribution in [0, 0.1) is 24.0 Å². The second-order valence-corrected chi connectivity index (χ2v) is 4.50. The Hall–Kier alpha value is -2.90. The number of methoxy groups -OCH3 is 1. The van der Waals surface area contributed by atoms with Crippen LogP contribution in [-0.4, -0.2) is 23.0 Å². The summed E-state index contributed by atoms with van der Waals surface area (Å²) < 4.78 is 15.2. The number of hydrogen-bond acceptors (Lipinski definition) is 7. The van der Waals surface area contributed by atoms with Crippen LogP contribution in [0.2, 0.25) is 0 Å². The van der Waals surface area contributed by atoms with Crippen molar-refractivity contribution in [3.05, 3.63) is 51.2 Å². The van der Waals surface area contributed by atoms with Gasteiger partial charge in [-0.15, -0.1) is 0 Å². The van der Waals surface area contributed by atoms with Crippen molar-refractivity contribution >= 4 is 11.7 Å². The molecule has 0 atom stereocenters. The fourth-order valence-corrected chi connectivity index (χ4v) is 1.85. The van der Waals surface area contributed by atoms with E-state index in [-0.39, 0.29) is 23.8 Å². The molecule has 0 aliphatic heterocycles. The van der Waals surface area contributed by atoms with Crippen molar-refractivity contribution in [1.82, 2.24) is 4.98 Å². The van der Waals surface area contributed by atoms with Crippen molar-refractivity contribution in [3.8, 4) is 5.75 Å². The summed E-state index contributed by atoms with van der Waals surface area (Å²) in [5.41, 5.74) is 1.40. The van der Waals surface area contributed by atoms with Crippen LogP contribution >= 0.6 is 0 Å². The average Bonchev–Trinajstić information content (AvgIpc) is 2.96. The van der Waals surface area contributed by atoms with E-state index in [2.05, 4.69) is 9.72 Å². The van der Waals surface area contributed by atoms with Crippen LogP contribution in [-0.2, 0) is 11.3 Å². The normalized spacial score (nSPS) is 10.3. The van der Waals surface area contributed by atoms with Gasteiger partial charge in [-0.2, -0.15) is 0 Å². The van der Waals surface area contributed by atoms with Gasteiger partial charge in [0.1, 0.15) is 12.8 Å². The van der Waals surface area contributed by atoms with Gasteiger partial charge in [0.2, 0.25) is 11.5 Å². The van der Waals surface area contributed by atoms with Crippen LogP contribution in [0.15, 0.2) is 22.9 Å². The Morgan fingerprint density at radius 2 is 2.18 bits per heavy atom. The summed E-state index contributed by atoms with van der Waals surface area (Å²) in [6.07, 6.45) is 2.47. The molecule has 0 aliphatic carbocycles. The van der Waals surface area contributed by atoms with E-state index in [4.69, 9.17) is 9.15 Å². The number of aromatic nitrogens is 1. The predicted molar refractivity (Wildman–Crippen MR) is 74.7 cm³/mol. The van der Waals surface area contributed by atoms with E-state index >= 15 is 0 Å². The molecule has 2 aromatic heterocycles. The Labute approximate surface area is 125 Å². The third-order valence-corrected chi connectivity index (χ3v) is 3.18. The first-order chi connectivity index (χ1) is 10.5. The lowest BCUT2D eigenvalue weighted by Crippen LogP contribution is -2.07. The van der Waals surface area contributed by atoms with E-state index in [1.165, 1.54) is 13.4 Å². The molecule has 0 amide bonds. The maximum atomic E-state index is 11.5. The second-order valence-electron chi connectivity index (χ2n) is 4.50. The number of nitrogens with zero attached hydrogens (tertiary/aromatic N) is 2. The zero-order chi connectivity index (χ0) is 16.3. The van der Waals surface area contributed by atoms with Gasteiger partial charge in [-0.3, -0.25) is 15.1 Å². The monoisotopic (exact) mass is 306 g/mol. The van der Waals surface area contributed by atoms with Gasteiger partial charge < -0.3 is 13.9 Å². The predicted octanol–water partition coefficient (Wildman–Crippen LogP) is 2.57. The molecule has 2 heterocycles. The van der Waals surface area contributed by atoms with Gasteiger partial charge in [0.05, 0.1) is 18.3 Å². The SMILES string of the molecule is COC(=O)c1occc1COc1c([N+](=O)[O-])cnc(C)c1C. The third kappa shape index (κ3) is 2.90. The van der Waals surface area contributed by atoms with E-state index in [0.29, 0.717) is 16.8 Å². The lowest BCUT2D eigenvalue weighted by atomic mass is 10.2. The van der Waals surface area contributed by atoms with Crippen LogP contribution < -0.4 is 4.74 Å². The number of furan rings is 1. The van der Waals surface area contributed by atoms with Gasteiger partial charge in [-0.1, -0.05) is 0 Å². The van der Waals surface area contributed by atoms with Crippen LogP contribution in [0.5, 0.6) is 5.75 Å². The standard InChI is InChI=1S/C14H14N2O6/c1-8-9(2)15-6-11(16(18)19)12(8)22-7-10-4-5-21-13(10)14(17)20-3/h4-6H,7H2,1-3H3. The number of aryl methyl sites for hydroxylation is 1. The fraction of sp³-hybridized carbons (Fsp3) is 0.286. The lowest BCUT2D eigenvalue weighted by molar-refractivity contribution is -0.386. The summed E-state index contributed by atoms with van der Waals surface area (Å²) in [5.74, 6) is -0.510. The molecule has 22 heavy (non-hydrogen) atoms. The van der Waals surface area contributed by atoms with Gasteiger partial charge in [0.25, 0.3) is 0 Å². The summed E-state index contributed by atoms with van der Waals surface area (Å²) in [7, 11) is 1.23. The Kier molecular flexibility index (Phi) is 4.40. The van der Waals surface area contributed by atoms with Crippen molar-refractivity contribution in [3.63, 3.8) is 0 Å². The first kappa shape index (κ1) is 15.5. The zero-order valence-electron chi connectivity index (χ0n) is 12.3. The van der Waals surface area contributed by atoms with Gasteiger partial charge in [-0.25, -0.2) is 4.79 Å². The summed E-state index contributed by atoms with van der Waals surface area (Å²) >= 11 is 0. The summed E-state index contributed by atoms with van der Waals surface area (Å²) in [5, 5.41) is 11.1. The molecule has 0 unspecified atom stereocenters. The van der Waals surface area contributed by atoms with Crippen LogP contribution in [0.25, 0.3) is 0 Å². The first-order valence-corrected chi connectivity index (χ1v) is 6.33. The number of rotatable bonds is 5. The number of carbonyl (C=O) groups excluding carboxylic acids is 1. The number of carbonyl (C=O) groups is 1. The largest absolute Gasteiger partial charge is 0.482 e. The number of pyridine rings is 1. The molecule has 8 nitrogen and oxygen atoms in total. The molecule has 8 heteroatoms. The molecule has 0 saturated heterocycles. The second kappa shape index (κ2) is 6.25. The summed E-state index contributed by atoms with van der Waals surface area (Å²) in [4.78, 5) is 26.0. The molecule has 2 rings (SSSR count). The summed E-state index contributed by atoms with van der Waals surface area (Å²) in [6, 6.07) is 1.54. The van der Waals surface area contributed by atoms with E-state index in [1.54, 1.807) is 19.9 Å². The first-order valence-electron chi connectivity index (χ1n) is 6.33. The molecule has 0 N–H and O–H groups in total. The van der Waals surface area contributed by atoms with Crippen LogP contribution in [0.3, 0.4) is 0 Å². The summed E-state index contributed by atoms with van der Waals surface area (Å²) in [6.45, 7) is 3.34. The van der Waals surface area contributed by atoms with E-state index < -0.39 is 10.9 Å². The lowest BCUT2D eigenvalue weighted by Gasteiger charge is -2.10. The highest BCUT2D eigenvalue weighted by Crippen LogP contribution is 2.32. The highest BCUT2D eigenvalue weighted by Gasteiger charge is 2.22. The molecule has 116 valence electrons. The minimum atomic E-state index is -0.638. The minimum Gasteiger partial charge on any atom is -0.482 e. The Bertz CT molecular complexity index is 722. The Morgan fingerprint density at radius 1 is 1.45 bits per heavy atom. The van der Waals surface area contributed by atoms with Crippen molar-refractivity contribution in [2.24, 2.45) is 0 Å². The molecule has 0 fully saturated rings. The van der Waals surface area contributed by atoms with Gasteiger partial charge in [0, 0.05) is 16.8 Å². The van der Waals surface area contributed by atoms with Crippen LogP contribution in [0.1, 0.15) is 27.4 Å². The van der Waals surface area contributed by atoms with Crippen molar-refractivity contribution < 1.29 is 23.6 Å². The minimum absolute atomic E-state index is 0.00795. The maximum absolute atomic E-state index is 11.5. The molecule has 0 bridgehead atoms. The zero-order valence-corrected chi connectivity index (χ0v) is 12.3.